The van der Waals surface area contributed by atoms with Crippen molar-refractivity contribution in [3.8, 4) is 0 Å². The summed E-state index contributed by atoms with van der Waals surface area (Å²) in [5.41, 5.74) is 0.161. The standard InChI is InChI=1S/C6H14N2O/c1-6(2)5-7(3)9-8(6)4/h5H2,1-4H3. The van der Waals surface area contributed by atoms with Gasteiger partial charge in [0.15, 0.2) is 0 Å². The number of hydrogen-bond donors (Lipinski definition) is 0. The van der Waals surface area contributed by atoms with Crippen LogP contribution >= 0.6 is 0 Å². The molecule has 0 aromatic heterocycles. The van der Waals surface area contributed by atoms with E-state index in [0.29, 0.717) is 0 Å². The summed E-state index contributed by atoms with van der Waals surface area (Å²) >= 11 is 0. The molecule has 1 aliphatic heterocycles. The molecule has 1 fully saturated rings. The first kappa shape index (κ1) is 6.99. The fourth-order valence-electron chi connectivity index (χ4n) is 0.993. The van der Waals surface area contributed by atoms with Crippen molar-refractivity contribution in [3.05, 3.63) is 0 Å². The smallest absolute Gasteiger partial charge is 0.0573 e. The van der Waals surface area contributed by atoms with Gasteiger partial charge in [-0.3, -0.25) is 0 Å². The molecule has 0 saturated carbocycles. The van der Waals surface area contributed by atoms with Crippen LogP contribution in [0.25, 0.3) is 0 Å². The fourth-order valence-corrected chi connectivity index (χ4v) is 0.993. The van der Waals surface area contributed by atoms with E-state index < -0.39 is 0 Å². The first-order valence-corrected chi connectivity index (χ1v) is 3.15. The van der Waals surface area contributed by atoms with Crippen molar-refractivity contribution >= 4 is 0 Å². The predicted octanol–water partition coefficient (Wildman–Crippen LogP) is 0.489. The molecule has 0 N–H and O–H groups in total. The molecule has 54 valence electrons. The third-order valence-corrected chi connectivity index (χ3v) is 1.72. The number of hydrogen-bond acceptors (Lipinski definition) is 3. The highest BCUT2D eigenvalue weighted by atomic mass is 16.8. The van der Waals surface area contributed by atoms with Gasteiger partial charge in [-0.05, 0) is 13.8 Å². The van der Waals surface area contributed by atoms with Gasteiger partial charge in [-0.1, -0.05) is 0 Å². The second kappa shape index (κ2) is 1.94. The maximum absolute atomic E-state index is 5.24. The average Bonchev–Trinajstić information content (AvgIpc) is 1.79. The van der Waals surface area contributed by atoms with Crippen LogP contribution in [0, 0.1) is 0 Å². The molecule has 3 heteroatoms. The maximum Gasteiger partial charge on any atom is 0.0573 e. The van der Waals surface area contributed by atoms with Crippen LogP contribution in [0.15, 0.2) is 0 Å². The number of likely N-dealkylation sites (N-methyl/N-ethyl adjacent to an activating group) is 2. The Hall–Kier alpha value is -0.120. The summed E-state index contributed by atoms with van der Waals surface area (Å²) in [6.07, 6.45) is 0. The highest BCUT2D eigenvalue weighted by Crippen LogP contribution is 2.20. The highest BCUT2D eigenvalue weighted by molar-refractivity contribution is 4.79. The average molecular weight is 130 g/mol. The number of nitrogens with zero attached hydrogens (tertiary/aromatic N) is 2. The van der Waals surface area contributed by atoms with Gasteiger partial charge in [0.2, 0.25) is 0 Å². The normalized spacial score (nSPS) is 29.3. The summed E-state index contributed by atoms with van der Waals surface area (Å²) in [6, 6.07) is 0. The molecule has 0 atom stereocenters. The summed E-state index contributed by atoms with van der Waals surface area (Å²) in [4.78, 5) is 5.24. The van der Waals surface area contributed by atoms with E-state index in [1.807, 2.05) is 24.2 Å². The van der Waals surface area contributed by atoms with Crippen LogP contribution in [-0.2, 0) is 4.94 Å². The third-order valence-electron chi connectivity index (χ3n) is 1.72. The Bertz CT molecular complexity index is 114. The molecule has 0 bridgehead atoms. The van der Waals surface area contributed by atoms with Crippen LogP contribution in [0.1, 0.15) is 13.8 Å². The second-order valence-corrected chi connectivity index (χ2v) is 3.18. The first-order chi connectivity index (χ1) is 4.02. The van der Waals surface area contributed by atoms with E-state index in [1.54, 1.807) is 0 Å². The van der Waals surface area contributed by atoms with Crippen LogP contribution in [0.3, 0.4) is 0 Å². The lowest BCUT2D eigenvalue weighted by Crippen LogP contribution is -2.36. The zero-order valence-corrected chi connectivity index (χ0v) is 6.51. The van der Waals surface area contributed by atoms with Crippen molar-refractivity contribution in [3.63, 3.8) is 0 Å². The van der Waals surface area contributed by atoms with Crippen molar-refractivity contribution in [2.75, 3.05) is 20.6 Å². The Morgan fingerprint density at radius 1 is 1.33 bits per heavy atom. The Balaban J connectivity index is 2.58. The van der Waals surface area contributed by atoms with E-state index in [4.69, 9.17) is 4.94 Å². The van der Waals surface area contributed by atoms with E-state index in [1.165, 1.54) is 0 Å². The molecule has 1 aliphatic rings. The quantitative estimate of drug-likeness (QED) is 0.474. The summed E-state index contributed by atoms with van der Waals surface area (Å²) in [7, 11) is 3.88. The zero-order valence-electron chi connectivity index (χ0n) is 6.51. The van der Waals surface area contributed by atoms with E-state index in [9.17, 15) is 0 Å². The Morgan fingerprint density at radius 2 is 1.89 bits per heavy atom. The van der Waals surface area contributed by atoms with Gasteiger partial charge in [0.05, 0.1) is 5.54 Å². The minimum Gasteiger partial charge on any atom is -0.208 e. The highest BCUT2D eigenvalue weighted by Gasteiger charge is 2.34. The van der Waals surface area contributed by atoms with E-state index in [2.05, 4.69) is 13.8 Å². The van der Waals surface area contributed by atoms with E-state index in [0.717, 1.165) is 6.54 Å². The van der Waals surface area contributed by atoms with Gasteiger partial charge in [-0.25, -0.2) is 4.94 Å². The SMILES string of the molecule is CN1CC(C)(C)N(C)O1. The topological polar surface area (TPSA) is 15.7 Å². The van der Waals surface area contributed by atoms with Crippen LogP contribution in [0.2, 0.25) is 0 Å². The molecule has 3 nitrogen and oxygen atoms in total. The van der Waals surface area contributed by atoms with Crippen LogP contribution in [0.4, 0.5) is 0 Å². The lowest BCUT2D eigenvalue weighted by Gasteiger charge is -2.21. The third kappa shape index (κ3) is 1.23. The zero-order chi connectivity index (χ0) is 7.07. The lowest BCUT2D eigenvalue weighted by atomic mass is 10.1. The predicted molar refractivity (Wildman–Crippen MR) is 35.6 cm³/mol. The molecular formula is C6H14N2O. The molecule has 0 aromatic rings. The molecule has 1 saturated heterocycles. The van der Waals surface area contributed by atoms with Crippen molar-refractivity contribution in [2.45, 2.75) is 19.4 Å². The van der Waals surface area contributed by atoms with E-state index >= 15 is 0 Å². The van der Waals surface area contributed by atoms with Gasteiger partial charge in [0, 0.05) is 20.6 Å². The Morgan fingerprint density at radius 3 is 2.00 bits per heavy atom. The van der Waals surface area contributed by atoms with Crippen LogP contribution < -0.4 is 0 Å². The van der Waals surface area contributed by atoms with Crippen molar-refractivity contribution in [2.24, 2.45) is 0 Å². The van der Waals surface area contributed by atoms with E-state index in [-0.39, 0.29) is 5.54 Å². The van der Waals surface area contributed by atoms with Gasteiger partial charge < -0.3 is 0 Å². The molecular weight excluding hydrogens is 116 g/mol. The molecule has 0 unspecified atom stereocenters. The Labute approximate surface area is 56.1 Å². The largest absolute Gasteiger partial charge is 0.208 e. The number of hydroxylamine groups is 4. The first-order valence-electron chi connectivity index (χ1n) is 3.15. The van der Waals surface area contributed by atoms with Gasteiger partial charge in [0.1, 0.15) is 0 Å². The summed E-state index contributed by atoms with van der Waals surface area (Å²) in [5.74, 6) is 0. The van der Waals surface area contributed by atoms with Crippen molar-refractivity contribution < 1.29 is 4.94 Å². The monoisotopic (exact) mass is 130 g/mol. The minimum absolute atomic E-state index is 0.161. The molecule has 1 heterocycles. The molecule has 1 rings (SSSR count). The molecule has 0 aromatic carbocycles. The van der Waals surface area contributed by atoms with Crippen LogP contribution in [0.5, 0.6) is 0 Å². The van der Waals surface area contributed by atoms with Crippen molar-refractivity contribution in [1.29, 1.82) is 0 Å². The summed E-state index contributed by atoms with van der Waals surface area (Å²) < 4.78 is 0. The van der Waals surface area contributed by atoms with Crippen molar-refractivity contribution in [1.82, 2.24) is 10.1 Å². The molecule has 9 heavy (non-hydrogen) atoms. The maximum atomic E-state index is 5.24. The van der Waals surface area contributed by atoms with Gasteiger partial charge in [0.25, 0.3) is 0 Å². The number of rotatable bonds is 0. The van der Waals surface area contributed by atoms with Crippen LogP contribution in [-0.4, -0.2) is 36.3 Å². The molecule has 0 spiro atoms. The fraction of sp³-hybridized carbons (Fsp3) is 1.00. The van der Waals surface area contributed by atoms with Gasteiger partial charge in [-0.15, -0.1) is 0 Å². The second-order valence-electron chi connectivity index (χ2n) is 3.18. The lowest BCUT2D eigenvalue weighted by molar-refractivity contribution is -0.261. The molecule has 0 radical (unpaired) electrons. The molecule has 0 amide bonds. The Kier molecular flexibility index (Phi) is 1.50. The van der Waals surface area contributed by atoms with Gasteiger partial charge >= 0.3 is 0 Å². The summed E-state index contributed by atoms with van der Waals surface area (Å²) in [6.45, 7) is 5.26. The minimum atomic E-state index is 0.161. The molecule has 0 aliphatic carbocycles. The van der Waals surface area contributed by atoms with Gasteiger partial charge in [-0.2, -0.15) is 10.1 Å². The summed E-state index contributed by atoms with van der Waals surface area (Å²) in [5, 5.41) is 3.70.